The van der Waals surface area contributed by atoms with Crippen molar-refractivity contribution in [2.45, 2.75) is 38.0 Å². The Morgan fingerprint density at radius 1 is 1.06 bits per heavy atom. The van der Waals surface area contributed by atoms with Gasteiger partial charge in [0.25, 0.3) is 5.91 Å². The number of nitrogens with zero attached hydrogens (tertiary/aromatic N) is 7. The van der Waals surface area contributed by atoms with Gasteiger partial charge in [0.05, 0.1) is 12.7 Å². The largest absolute Gasteiger partial charge is 0.340 e. The van der Waals surface area contributed by atoms with E-state index < -0.39 is 0 Å². The predicted molar refractivity (Wildman–Crippen MR) is 131 cm³/mol. The summed E-state index contributed by atoms with van der Waals surface area (Å²) in [7, 11) is 1.81. The zero-order chi connectivity index (χ0) is 24.2. The van der Waals surface area contributed by atoms with Gasteiger partial charge in [0.1, 0.15) is 15.7 Å². The van der Waals surface area contributed by atoms with Crippen LogP contribution in [0.4, 0.5) is 10.3 Å². The first-order valence-electron chi connectivity index (χ1n) is 11.2. The quantitative estimate of drug-likeness (QED) is 0.369. The molecule has 1 aliphatic rings. The van der Waals surface area contributed by atoms with Crippen LogP contribution in [-0.4, -0.2) is 46.7 Å². The molecule has 180 valence electrons. The molecule has 2 atom stereocenters. The summed E-state index contributed by atoms with van der Waals surface area (Å²) in [5, 5.41) is 25.3. The molecule has 1 fully saturated rings. The number of anilines is 2. The number of amides is 2. The van der Waals surface area contributed by atoms with Gasteiger partial charge in [-0.15, -0.1) is 20.4 Å². The van der Waals surface area contributed by atoms with Crippen LogP contribution in [0.15, 0.2) is 36.9 Å². The zero-order valence-corrected chi connectivity index (χ0v) is 20.6. The Morgan fingerprint density at radius 3 is 2.71 bits per heavy atom. The number of hydrogen-bond acceptors (Lipinski definition) is 10. The first-order chi connectivity index (χ1) is 17.0. The number of imidazole rings is 1. The van der Waals surface area contributed by atoms with Gasteiger partial charge in [-0.3, -0.25) is 19.9 Å². The lowest BCUT2D eigenvalue weighted by atomic mass is 10.0. The summed E-state index contributed by atoms with van der Waals surface area (Å²) in [6.45, 7) is 0. The van der Waals surface area contributed by atoms with Crippen LogP contribution < -0.4 is 10.6 Å². The Labute approximate surface area is 209 Å². The van der Waals surface area contributed by atoms with Crippen molar-refractivity contribution in [3.8, 4) is 0 Å². The first-order valence-corrected chi connectivity index (χ1v) is 12.8. The standard InChI is InChI=1S/C22H23N9O2S2/c1-31-11-16(24-12-31)19(33)26-22-29-27-18(34-22)9-13-5-6-14(8-13)20-28-30-21(35-20)25-17(32)10-15-4-2-3-7-23-15/h2-4,7,11-14H,5-6,8-10H2,1H3,(H,25,30,32)(H,26,29,33). The monoisotopic (exact) mass is 509 g/mol. The molecule has 4 aromatic heterocycles. The number of nitrogens with one attached hydrogen (secondary N) is 2. The van der Waals surface area contributed by atoms with Gasteiger partial charge in [-0.05, 0) is 37.3 Å². The van der Waals surface area contributed by atoms with Gasteiger partial charge in [0, 0.05) is 37.5 Å². The van der Waals surface area contributed by atoms with Crippen molar-refractivity contribution in [2.24, 2.45) is 13.0 Å². The molecular weight excluding hydrogens is 486 g/mol. The normalized spacial score (nSPS) is 17.4. The second-order valence-electron chi connectivity index (χ2n) is 8.45. The van der Waals surface area contributed by atoms with Gasteiger partial charge in [-0.2, -0.15) is 0 Å². The van der Waals surface area contributed by atoms with Crippen LogP contribution in [0, 0.1) is 5.92 Å². The SMILES string of the molecule is Cn1cnc(C(=O)Nc2nnc(CC3CCC(c4nnc(NC(=O)Cc5ccccn5)s4)C3)s2)c1. The molecule has 0 bridgehead atoms. The molecule has 13 heteroatoms. The number of hydrogen-bond donors (Lipinski definition) is 2. The number of aryl methyl sites for hydroxylation is 1. The molecule has 1 saturated carbocycles. The molecule has 11 nitrogen and oxygen atoms in total. The van der Waals surface area contributed by atoms with Crippen molar-refractivity contribution in [3.05, 3.63) is 58.3 Å². The summed E-state index contributed by atoms with van der Waals surface area (Å²) in [4.78, 5) is 32.7. The number of pyridine rings is 1. The van der Waals surface area contributed by atoms with Gasteiger partial charge >= 0.3 is 0 Å². The summed E-state index contributed by atoms with van der Waals surface area (Å²) in [5.41, 5.74) is 1.05. The van der Waals surface area contributed by atoms with E-state index in [1.165, 1.54) is 22.7 Å². The smallest absolute Gasteiger partial charge is 0.277 e. The fourth-order valence-electron chi connectivity index (χ4n) is 4.09. The van der Waals surface area contributed by atoms with Crippen molar-refractivity contribution in [1.29, 1.82) is 0 Å². The number of rotatable bonds is 8. The van der Waals surface area contributed by atoms with Crippen LogP contribution in [0.25, 0.3) is 0 Å². The molecule has 0 spiro atoms. The van der Waals surface area contributed by atoms with Crippen molar-refractivity contribution in [3.63, 3.8) is 0 Å². The van der Waals surface area contributed by atoms with E-state index in [9.17, 15) is 9.59 Å². The maximum absolute atomic E-state index is 12.3. The predicted octanol–water partition coefficient (Wildman–Crippen LogP) is 3.08. The van der Waals surface area contributed by atoms with Crippen LogP contribution >= 0.6 is 22.7 Å². The highest BCUT2D eigenvalue weighted by Gasteiger charge is 2.29. The van der Waals surface area contributed by atoms with E-state index in [4.69, 9.17) is 0 Å². The molecule has 2 amide bonds. The summed E-state index contributed by atoms with van der Waals surface area (Å²) in [6.07, 6.45) is 8.96. The van der Waals surface area contributed by atoms with Crippen LogP contribution in [0.3, 0.4) is 0 Å². The molecule has 0 aliphatic heterocycles. The maximum Gasteiger partial charge on any atom is 0.277 e. The molecule has 35 heavy (non-hydrogen) atoms. The van der Waals surface area contributed by atoms with Crippen molar-refractivity contribution < 1.29 is 9.59 Å². The van der Waals surface area contributed by atoms with Crippen LogP contribution in [0.1, 0.15) is 51.4 Å². The minimum absolute atomic E-state index is 0.155. The summed E-state index contributed by atoms with van der Waals surface area (Å²) in [6, 6.07) is 5.49. The second-order valence-corrected chi connectivity index (χ2v) is 10.5. The molecule has 0 aromatic carbocycles. The maximum atomic E-state index is 12.3. The lowest BCUT2D eigenvalue weighted by Crippen LogP contribution is -2.14. The summed E-state index contributed by atoms with van der Waals surface area (Å²) < 4.78 is 1.72. The van der Waals surface area contributed by atoms with Crippen LogP contribution in [0.2, 0.25) is 0 Å². The lowest BCUT2D eigenvalue weighted by Gasteiger charge is -2.06. The van der Waals surface area contributed by atoms with Gasteiger partial charge < -0.3 is 9.88 Å². The van der Waals surface area contributed by atoms with Crippen LogP contribution in [0.5, 0.6) is 0 Å². The van der Waals surface area contributed by atoms with E-state index in [2.05, 4.69) is 41.0 Å². The highest BCUT2D eigenvalue weighted by atomic mass is 32.1. The van der Waals surface area contributed by atoms with Gasteiger partial charge in [0.15, 0.2) is 0 Å². The highest BCUT2D eigenvalue weighted by Crippen LogP contribution is 2.41. The van der Waals surface area contributed by atoms with Gasteiger partial charge in [-0.25, -0.2) is 4.98 Å². The van der Waals surface area contributed by atoms with Gasteiger partial charge in [0.2, 0.25) is 16.2 Å². The van der Waals surface area contributed by atoms with E-state index in [1.807, 2.05) is 25.2 Å². The molecule has 2 unspecified atom stereocenters. The highest BCUT2D eigenvalue weighted by molar-refractivity contribution is 7.15. The minimum Gasteiger partial charge on any atom is -0.340 e. The molecular formula is C22H23N9O2S2. The van der Waals surface area contributed by atoms with Gasteiger partial charge in [-0.1, -0.05) is 28.7 Å². The third-order valence-corrected chi connectivity index (χ3v) is 7.60. The summed E-state index contributed by atoms with van der Waals surface area (Å²) in [5.74, 6) is 0.319. The Balaban J connectivity index is 1.11. The van der Waals surface area contributed by atoms with Crippen molar-refractivity contribution >= 4 is 44.8 Å². The van der Waals surface area contributed by atoms with E-state index in [0.29, 0.717) is 33.5 Å². The van der Waals surface area contributed by atoms with E-state index in [0.717, 1.165) is 35.7 Å². The third-order valence-electron chi connectivity index (χ3n) is 5.73. The molecule has 0 saturated heterocycles. The van der Waals surface area contributed by atoms with E-state index in [1.54, 1.807) is 23.3 Å². The second kappa shape index (κ2) is 10.4. The molecule has 2 N–H and O–H groups in total. The fraction of sp³-hybridized carbons (Fsp3) is 0.364. The Hall–Kier alpha value is -3.58. The number of carbonyl (C=O) groups excluding carboxylic acids is 2. The lowest BCUT2D eigenvalue weighted by molar-refractivity contribution is -0.115. The fourth-order valence-corrected chi connectivity index (χ4v) is 5.85. The molecule has 0 radical (unpaired) electrons. The molecule has 4 aromatic rings. The topological polar surface area (TPSA) is 140 Å². The molecule has 5 rings (SSSR count). The minimum atomic E-state index is -0.298. The van der Waals surface area contributed by atoms with Crippen molar-refractivity contribution in [2.75, 3.05) is 10.6 Å². The average molecular weight is 510 g/mol. The van der Waals surface area contributed by atoms with E-state index in [-0.39, 0.29) is 18.2 Å². The Kier molecular flexibility index (Phi) is 6.86. The average Bonchev–Trinajstić information content (AvgIpc) is 3.63. The number of aromatic nitrogens is 7. The first kappa shape index (κ1) is 23.2. The van der Waals surface area contributed by atoms with E-state index >= 15 is 0 Å². The summed E-state index contributed by atoms with van der Waals surface area (Å²) >= 11 is 2.82. The molecule has 1 aliphatic carbocycles. The molecule has 4 heterocycles. The third kappa shape index (κ3) is 5.92. The van der Waals surface area contributed by atoms with Crippen LogP contribution in [-0.2, 0) is 24.7 Å². The Morgan fingerprint density at radius 2 is 1.91 bits per heavy atom. The zero-order valence-electron chi connectivity index (χ0n) is 18.9. The van der Waals surface area contributed by atoms with Crippen molar-refractivity contribution in [1.82, 2.24) is 34.9 Å². The number of carbonyl (C=O) groups is 2. The Bertz CT molecular complexity index is 1320.